The van der Waals surface area contributed by atoms with Crippen LogP contribution < -0.4 is 16.4 Å². The normalized spacial score (nSPS) is 21.3. The minimum atomic E-state index is -0.611. The lowest BCUT2D eigenvalue weighted by atomic mass is 9.97. The van der Waals surface area contributed by atoms with Gasteiger partial charge in [-0.2, -0.15) is 0 Å². The first-order chi connectivity index (χ1) is 11.4. The van der Waals surface area contributed by atoms with Crippen LogP contribution in [0.1, 0.15) is 39.5 Å². The number of hydrogen-bond acceptors (Lipinski definition) is 4. The first-order valence-electron chi connectivity index (χ1n) is 8.97. The molecule has 0 aromatic carbocycles. The van der Waals surface area contributed by atoms with Gasteiger partial charge in [-0.1, -0.05) is 13.8 Å². The first kappa shape index (κ1) is 21.7. The molecule has 1 aliphatic carbocycles. The fourth-order valence-corrected chi connectivity index (χ4v) is 2.82. The average molecular weight is 375 g/mol. The number of nitrogens with one attached hydrogen (secondary N) is 2. The van der Waals surface area contributed by atoms with E-state index in [-0.39, 0.29) is 48.5 Å². The van der Waals surface area contributed by atoms with Gasteiger partial charge in [0.05, 0.1) is 18.5 Å². The van der Waals surface area contributed by atoms with Gasteiger partial charge in [0.2, 0.25) is 17.7 Å². The number of halogens is 1. The van der Waals surface area contributed by atoms with Crippen LogP contribution in [0.15, 0.2) is 0 Å². The van der Waals surface area contributed by atoms with E-state index in [9.17, 15) is 14.4 Å². The van der Waals surface area contributed by atoms with Crippen molar-refractivity contribution >= 4 is 30.1 Å². The third-order valence-electron chi connectivity index (χ3n) is 4.84. The number of rotatable bonds is 7. The molecular weight excluding hydrogens is 344 g/mol. The number of piperidine rings is 1. The highest BCUT2D eigenvalue weighted by Gasteiger charge is 2.30. The minimum absolute atomic E-state index is 0. The molecule has 2 atom stereocenters. The summed E-state index contributed by atoms with van der Waals surface area (Å²) in [6, 6.07) is -0.611. The highest BCUT2D eigenvalue weighted by atomic mass is 35.5. The van der Waals surface area contributed by atoms with E-state index >= 15 is 0 Å². The molecule has 8 heteroatoms. The van der Waals surface area contributed by atoms with Crippen LogP contribution in [0.3, 0.4) is 0 Å². The molecule has 25 heavy (non-hydrogen) atoms. The second-order valence-corrected chi connectivity index (χ2v) is 7.36. The lowest BCUT2D eigenvalue weighted by Gasteiger charge is -2.32. The predicted octanol–water partition coefficient (Wildman–Crippen LogP) is 0.273. The standard InChI is InChI=1S/C17H30N4O3.ClH/c1-11(2)15(18)17(24)20-9-14(22)21-7-3-4-13(10-21)16(23)19-8-12-5-6-12;/h11-13,15H,3-10,18H2,1-2H3,(H,19,23)(H,20,24);1H/t13?,15-;/m0./s1. The van der Waals surface area contributed by atoms with Gasteiger partial charge in [-0.25, -0.2) is 0 Å². The Hall–Kier alpha value is -1.34. The monoisotopic (exact) mass is 374 g/mol. The second kappa shape index (κ2) is 9.97. The molecule has 3 amide bonds. The third kappa shape index (κ3) is 6.82. The van der Waals surface area contributed by atoms with E-state index in [1.54, 1.807) is 4.90 Å². The summed E-state index contributed by atoms with van der Waals surface area (Å²) in [7, 11) is 0. The van der Waals surface area contributed by atoms with Crippen molar-refractivity contribution in [3.63, 3.8) is 0 Å². The van der Waals surface area contributed by atoms with Crippen LogP contribution in [-0.2, 0) is 14.4 Å². The maximum absolute atomic E-state index is 12.3. The van der Waals surface area contributed by atoms with Crippen LogP contribution in [0.2, 0.25) is 0 Å². The zero-order valence-corrected chi connectivity index (χ0v) is 15.9. The Morgan fingerprint density at radius 1 is 1.16 bits per heavy atom. The van der Waals surface area contributed by atoms with Gasteiger partial charge in [-0.3, -0.25) is 14.4 Å². The van der Waals surface area contributed by atoms with E-state index in [0.717, 1.165) is 19.4 Å². The number of carbonyl (C=O) groups excluding carboxylic acids is 3. The number of carbonyl (C=O) groups is 3. The van der Waals surface area contributed by atoms with Crippen LogP contribution in [0.4, 0.5) is 0 Å². The van der Waals surface area contributed by atoms with Crippen molar-refractivity contribution in [3.05, 3.63) is 0 Å². The molecule has 2 aliphatic rings. The molecule has 1 saturated carbocycles. The summed E-state index contributed by atoms with van der Waals surface area (Å²) < 4.78 is 0. The van der Waals surface area contributed by atoms with E-state index in [4.69, 9.17) is 5.73 Å². The maximum atomic E-state index is 12.3. The molecule has 1 aliphatic heterocycles. The van der Waals surface area contributed by atoms with Crippen molar-refractivity contribution in [1.29, 1.82) is 0 Å². The molecule has 1 heterocycles. The largest absolute Gasteiger partial charge is 0.356 e. The number of nitrogens with two attached hydrogens (primary N) is 1. The molecular formula is C17H31ClN4O3. The van der Waals surface area contributed by atoms with Crippen LogP contribution >= 0.6 is 12.4 Å². The van der Waals surface area contributed by atoms with Gasteiger partial charge in [0.25, 0.3) is 0 Å². The molecule has 1 saturated heterocycles. The fraction of sp³-hybridized carbons (Fsp3) is 0.824. The quantitative estimate of drug-likeness (QED) is 0.595. The molecule has 0 bridgehead atoms. The summed E-state index contributed by atoms with van der Waals surface area (Å²) in [5.74, 6) is 0.110. The third-order valence-corrected chi connectivity index (χ3v) is 4.84. The highest BCUT2D eigenvalue weighted by Crippen LogP contribution is 2.27. The van der Waals surface area contributed by atoms with Crippen molar-refractivity contribution in [2.24, 2.45) is 23.5 Å². The molecule has 4 N–H and O–H groups in total. The van der Waals surface area contributed by atoms with Crippen LogP contribution in [0.5, 0.6) is 0 Å². The Bertz CT molecular complexity index is 483. The van der Waals surface area contributed by atoms with Gasteiger partial charge in [-0.05, 0) is 37.5 Å². The van der Waals surface area contributed by atoms with Gasteiger partial charge in [0, 0.05) is 19.6 Å². The Balaban J connectivity index is 0.00000312. The molecule has 7 nitrogen and oxygen atoms in total. The molecule has 2 fully saturated rings. The zero-order valence-electron chi connectivity index (χ0n) is 15.1. The minimum Gasteiger partial charge on any atom is -0.356 e. The van der Waals surface area contributed by atoms with Gasteiger partial charge >= 0.3 is 0 Å². The van der Waals surface area contributed by atoms with E-state index in [0.29, 0.717) is 19.0 Å². The van der Waals surface area contributed by atoms with Crippen molar-refractivity contribution in [2.75, 3.05) is 26.2 Å². The van der Waals surface area contributed by atoms with E-state index < -0.39 is 6.04 Å². The Labute approximate surface area is 155 Å². The lowest BCUT2D eigenvalue weighted by molar-refractivity contribution is -0.137. The average Bonchev–Trinajstić information content (AvgIpc) is 3.40. The molecule has 0 radical (unpaired) electrons. The highest BCUT2D eigenvalue weighted by molar-refractivity contribution is 5.88. The maximum Gasteiger partial charge on any atom is 0.241 e. The molecule has 0 spiro atoms. The number of hydrogen-bond donors (Lipinski definition) is 3. The fourth-order valence-electron chi connectivity index (χ4n) is 2.82. The summed E-state index contributed by atoms with van der Waals surface area (Å²) in [5, 5.41) is 5.59. The van der Waals surface area contributed by atoms with Gasteiger partial charge < -0.3 is 21.3 Å². The summed E-state index contributed by atoms with van der Waals surface area (Å²) in [6.07, 6.45) is 4.03. The summed E-state index contributed by atoms with van der Waals surface area (Å²) >= 11 is 0. The molecule has 1 unspecified atom stereocenters. The topological polar surface area (TPSA) is 105 Å². The van der Waals surface area contributed by atoms with Gasteiger partial charge in [0.15, 0.2) is 0 Å². The summed E-state index contributed by atoms with van der Waals surface area (Å²) in [4.78, 5) is 38.0. The zero-order chi connectivity index (χ0) is 17.7. The van der Waals surface area contributed by atoms with Crippen LogP contribution in [0.25, 0.3) is 0 Å². The summed E-state index contributed by atoms with van der Waals surface area (Å²) in [6.45, 7) is 5.49. The predicted molar refractivity (Wildman–Crippen MR) is 98.1 cm³/mol. The van der Waals surface area contributed by atoms with Gasteiger partial charge in [0.1, 0.15) is 0 Å². The number of amides is 3. The van der Waals surface area contributed by atoms with Crippen molar-refractivity contribution < 1.29 is 14.4 Å². The Morgan fingerprint density at radius 2 is 1.84 bits per heavy atom. The van der Waals surface area contributed by atoms with Crippen LogP contribution in [0, 0.1) is 17.8 Å². The van der Waals surface area contributed by atoms with Crippen molar-refractivity contribution in [1.82, 2.24) is 15.5 Å². The summed E-state index contributed by atoms with van der Waals surface area (Å²) in [5.41, 5.74) is 5.76. The molecule has 0 aromatic rings. The number of likely N-dealkylation sites (tertiary alicyclic amines) is 1. The van der Waals surface area contributed by atoms with Crippen LogP contribution in [-0.4, -0.2) is 54.8 Å². The molecule has 2 rings (SSSR count). The van der Waals surface area contributed by atoms with Gasteiger partial charge in [-0.15, -0.1) is 12.4 Å². The Kier molecular flexibility index (Phi) is 8.65. The second-order valence-electron chi connectivity index (χ2n) is 7.36. The SMILES string of the molecule is CC(C)[C@H](N)C(=O)NCC(=O)N1CCCC(C(=O)NCC2CC2)C1.Cl. The number of nitrogens with zero attached hydrogens (tertiary/aromatic N) is 1. The van der Waals surface area contributed by atoms with E-state index in [2.05, 4.69) is 10.6 Å². The van der Waals surface area contributed by atoms with E-state index in [1.165, 1.54) is 12.8 Å². The van der Waals surface area contributed by atoms with E-state index in [1.807, 2.05) is 13.8 Å². The van der Waals surface area contributed by atoms with Crippen molar-refractivity contribution in [2.45, 2.75) is 45.6 Å². The molecule has 0 aromatic heterocycles. The molecule has 144 valence electrons. The van der Waals surface area contributed by atoms with Crippen molar-refractivity contribution in [3.8, 4) is 0 Å². The smallest absolute Gasteiger partial charge is 0.241 e. The first-order valence-corrected chi connectivity index (χ1v) is 8.97. The lowest BCUT2D eigenvalue weighted by Crippen LogP contribution is -2.51. The Morgan fingerprint density at radius 3 is 2.44 bits per heavy atom.